The van der Waals surface area contributed by atoms with Gasteiger partial charge in [-0.1, -0.05) is 0 Å². The molecule has 0 aliphatic carbocycles. The third-order valence-electron chi connectivity index (χ3n) is 2.96. The Balaban J connectivity index is 1.97. The molecule has 1 unspecified atom stereocenters. The molecule has 1 aromatic rings. The van der Waals surface area contributed by atoms with Crippen LogP contribution in [0.15, 0.2) is 12.1 Å². The number of ether oxygens (including phenoxy) is 1. The Labute approximate surface area is 105 Å². The van der Waals surface area contributed by atoms with Gasteiger partial charge in [0, 0.05) is 25.7 Å². The molecule has 0 radical (unpaired) electrons. The van der Waals surface area contributed by atoms with Gasteiger partial charge in [0.1, 0.15) is 5.82 Å². The van der Waals surface area contributed by atoms with Crippen molar-refractivity contribution in [2.45, 2.75) is 6.10 Å². The Morgan fingerprint density at radius 2 is 2.28 bits per heavy atom. The summed E-state index contributed by atoms with van der Waals surface area (Å²) in [6.07, 6.45) is -0.00511. The normalized spacial score (nSPS) is 20.9. The molecule has 4 nitrogen and oxygen atoms in total. The number of morpholine rings is 1. The molecule has 1 heterocycles. The molecule has 0 amide bonds. The van der Waals surface area contributed by atoms with Crippen LogP contribution in [-0.4, -0.2) is 44.3 Å². The van der Waals surface area contributed by atoms with E-state index in [0.29, 0.717) is 13.2 Å². The molecule has 0 saturated carbocycles. The SMILES string of the molecule is CN1CCOC(CNc2cc(F)cc(F)c2N)C1. The van der Waals surface area contributed by atoms with Gasteiger partial charge in [-0.25, -0.2) is 8.78 Å². The van der Waals surface area contributed by atoms with Gasteiger partial charge in [-0.3, -0.25) is 0 Å². The van der Waals surface area contributed by atoms with Crippen molar-refractivity contribution in [1.29, 1.82) is 0 Å². The fraction of sp³-hybridized carbons (Fsp3) is 0.500. The van der Waals surface area contributed by atoms with Crippen molar-refractivity contribution >= 4 is 11.4 Å². The third-order valence-corrected chi connectivity index (χ3v) is 2.96. The first-order valence-corrected chi connectivity index (χ1v) is 5.85. The Hall–Kier alpha value is -1.40. The molecule has 1 atom stereocenters. The smallest absolute Gasteiger partial charge is 0.151 e. The number of rotatable bonds is 3. The highest BCUT2D eigenvalue weighted by Crippen LogP contribution is 2.23. The van der Waals surface area contributed by atoms with E-state index in [1.807, 2.05) is 7.05 Å². The minimum absolute atomic E-state index is 0.00511. The number of hydrogen-bond donors (Lipinski definition) is 2. The first-order valence-electron chi connectivity index (χ1n) is 5.85. The summed E-state index contributed by atoms with van der Waals surface area (Å²) in [5.41, 5.74) is 5.74. The number of halogens is 2. The lowest BCUT2D eigenvalue weighted by Crippen LogP contribution is -2.43. The van der Waals surface area contributed by atoms with Crippen LogP contribution in [0.1, 0.15) is 0 Å². The van der Waals surface area contributed by atoms with Crippen LogP contribution < -0.4 is 11.1 Å². The number of nitrogen functional groups attached to an aromatic ring is 1. The Bertz CT molecular complexity index is 428. The lowest BCUT2D eigenvalue weighted by Gasteiger charge is -2.30. The molecule has 6 heteroatoms. The molecule has 2 rings (SSSR count). The highest BCUT2D eigenvalue weighted by Gasteiger charge is 2.18. The van der Waals surface area contributed by atoms with Crippen LogP contribution in [0.25, 0.3) is 0 Å². The van der Waals surface area contributed by atoms with E-state index >= 15 is 0 Å². The summed E-state index contributed by atoms with van der Waals surface area (Å²) in [7, 11) is 2.01. The second kappa shape index (κ2) is 5.49. The van der Waals surface area contributed by atoms with Gasteiger partial charge in [0.15, 0.2) is 5.82 Å². The summed E-state index contributed by atoms with van der Waals surface area (Å²) < 4.78 is 31.8. The predicted molar refractivity (Wildman–Crippen MR) is 66.5 cm³/mol. The molecule has 1 fully saturated rings. The van der Waals surface area contributed by atoms with Gasteiger partial charge in [-0.2, -0.15) is 0 Å². The molecule has 0 bridgehead atoms. The van der Waals surface area contributed by atoms with Gasteiger partial charge in [-0.15, -0.1) is 0 Å². The standard InChI is InChI=1S/C12H17F2N3O/c1-17-2-3-18-9(7-17)6-16-11-5-8(13)4-10(14)12(11)15/h4-5,9,16H,2-3,6-7,15H2,1H3. The number of nitrogens with zero attached hydrogens (tertiary/aromatic N) is 1. The summed E-state index contributed by atoms with van der Waals surface area (Å²) in [6, 6.07) is 1.95. The largest absolute Gasteiger partial charge is 0.395 e. The average molecular weight is 257 g/mol. The van der Waals surface area contributed by atoms with E-state index < -0.39 is 11.6 Å². The summed E-state index contributed by atoms with van der Waals surface area (Å²) in [4.78, 5) is 2.14. The van der Waals surface area contributed by atoms with E-state index in [4.69, 9.17) is 10.5 Å². The molecule has 1 aliphatic heterocycles. The minimum Gasteiger partial charge on any atom is -0.395 e. The van der Waals surface area contributed by atoms with E-state index in [1.54, 1.807) is 0 Å². The molecule has 100 valence electrons. The van der Waals surface area contributed by atoms with Crippen LogP contribution in [-0.2, 0) is 4.74 Å². The zero-order valence-electron chi connectivity index (χ0n) is 10.2. The number of likely N-dealkylation sites (N-methyl/N-ethyl adjacent to an activating group) is 1. The van der Waals surface area contributed by atoms with Gasteiger partial charge in [0.25, 0.3) is 0 Å². The predicted octanol–water partition coefficient (Wildman–Crippen LogP) is 1.29. The number of nitrogens with two attached hydrogens (primary N) is 1. The van der Waals surface area contributed by atoms with Crippen molar-refractivity contribution in [2.24, 2.45) is 0 Å². The quantitative estimate of drug-likeness (QED) is 0.801. The van der Waals surface area contributed by atoms with Crippen LogP contribution in [0.2, 0.25) is 0 Å². The first kappa shape index (κ1) is 13.0. The van der Waals surface area contributed by atoms with Gasteiger partial charge in [-0.05, 0) is 13.1 Å². The fourth-order valence-electron chi connectivity index (χ4n) is 1.95. The summed E-state index contributed by atoms with van der Waals surface area (Å²) >= 11 is 0. The van der Waals surface area contributed by atoms with Crippen molar-refractivity contribution in [2.75, 3.05) is 44.3 Å². The highest BCUT2D eigenvalue weighted by atomic mass is 19.1. The lowest BCUT2D eigenvalue weighted by atomic mass is 10.2. The van der Waals surface area contributed by atoms with Gasteiger partial charge in [0.2, 0.25) is 0 Å². The van der Waals surface area contributed by atoms with Crippen molar-refractivity contribution in [3.63, 3.8) is 0 Å². The Morgan fingerprint density at radius 1 is 1.50 bits per heavy atom. The maximum absolute atomic E-state index is 13.2. The first-order chi connectivity index (χ1) is 8.56. The number of hydrogen-bond acceptors (Lipinski definition) is 4. The average Bonchev–Trinajstić information content (AvgIpc) is 2.32. The molecular formula is C12H17F2N3O. The molecule has 0 spiro atoms. The third kappa shape index (κ3) is 3.08. The topological polar surface area (TPSA) is 50.5 Å². The summed E-state index contributed by atoms with van der Waals surface area (Å²) in [5, 5.41) is 2.93. The van der Waals surface area contributed by atoms with Gasteiger partial charge >= 0.3 is 0 Å². The highest BCUT2D eigenvalue weighted by molar-refractivity contribution is 5.66. The van der Waals surface area contributed by atoms with Crippen LogP contribution in [0.4, 0.5) is 20.2 Å². The molecule has 18 heavy (non-hydrogen) atoms. The Morgan fingerprint density at radius 3 is 3.00 bits per heavy atom. The molecule has 0 aromatic heterocycles. The van der Waals surface area contributed by atoms with Gasteiger partial charge < -0.3 is 20.7 Å². The van der Waals surface area contributed by atoms with Crippen molar-refractivity contribution < 1.29 is 13.5 Å². The molecule has 3 N–H and O–H groups in total. The fourth-order valence-corrected chi connectivity index (χ4v) is 1.95. The summed E-state index contributed by atoms with van der Waals surface area (Å²) in [5.74, 6) is -1.40. The number of anilines is 2. The van der Waals surface area contributed by atoms with E-state index in [0.717, 1.165) is 19.2 Å². The molecule has 1 aromatic carbocycles. The summed E-state index contributed by atoms with van der Waals surface area (Å²) in [6.45, 7) is 2.81. The van der Waals surface area contributed by atoms with Crippen molar-refractivity contribution in [1.82, 2.24) is 4.90 Å². The minimum atomic E-state index is -0.751. The van der Waals surface area contributed by atoms with Gasteiger partial charge in [0.05, 0.1) is 24.1 Å². The monoisotopic (exact) mass is 257 g/mol. The second-order valence-corrected chi connectivity index (χ2v) is 4.48. The van der Waals surface area contributed by atoms with Crippen LogP contribution in [0.5, 0.6) is 0 Å². The zero-order chi connectivity index (χ0) is 13.1. The van der Waals surface area contributed by atoms with Crippen molar-refractivity contribution in [3.05, 3.63) is 23.8 Å². The maximum atomic E-state index is 13.2. The second-order valence-electron chi connectivity index (χ2n) is 4.48. The van der Waals surface area contributed by atoms with Crippen molar-refractivity contribution in [3.8, 4) is 0 Å². The van der Waals surface area contributed by atoms with E-state index in [-0.39, 0.29) is 17.5 Å². The molecular weight excluding hydrogens is 240 g/mol. The Kier molecular flexibility index (Phi) is 3.98. The zero-order valence-corrected chi connectivity index (χ0v) is 10.2. The lowest BCUT2D eigenvalue weighted by molar-refractivity contribution is -0.0117. The maximum Gasteiger partial charge on any atom is 0.151 e. The number of benzene rings is 1. The van der Waals surface area contributed by atoms with E-state index in [9.17, 15) is 8.78 Å². The molecule has 1 saturated heterocycles. The molecule has 1 aliphatic rings. The van der Waals surface area contributed by atoms with E-state index in [2.05, 4.69) is 10.2 Å². The number of nitrogens with one attached hydrogen (secondary N) is 1. The van der Waals surface area contributed by atoms with Crippen LogP contribution in [0.3, 0.4) is 0 Å². The van der Waals surface area contributed by atoms with E-state index in [1.165, 1.54) is 6.07 Å². The van der Waals surface area contributed by atoms with Crippen LogP contribution in [0, 0.1) is 11.6 Å². The van der Waals surface area contributed by atoms with Crippen LogP contribution >= 0.6 is 0 Å².